The molecule has 5 nitrogen and oxygen atoms in total. The van der Waals surface area contributed by atoms with E-state index in [0.29, 0.717) is 31.6 Å². The minimum absolute atomic E-state index is 0.00270. The number of hydrogen-bond acceptors (Lipinski definition) is 3. The molecule has 26 heavy (non-hydrogen) atoms. The molecule has 0 saturated carbocycles. The van der Waals surface area contributed by atoms with Crippen molar-refractivity contribution in [2.45, 2.75) is 59.0 Å². The van der Waals surface area contributed by atoms with Gasteiger partial charge >= 0.3 is 0 Å². The second kappa shape index (κ2) is 7.64. The van der Waals surface area contributed by atoms with Gasteiger partial charge in [0, 0.05) is 30.2 Å². The first-order valence-corrected chi connectivity index (χ1v) is 9.18. The van der Waals surface area contributed by atoms with Crippen LogP contribution in [0.1, 0.15) is 47.5 Å². The van der Waals surface area contributed by atoms with Crippen LogP contribution in [-0.2, 0) is 9.59 Å². The highest BCUT2D eigenvalue weighted by Crippen LogP contribution is 2.30. The monoisotopic (exact) mass is 363 g/mol. The largest absolute Gasteiger partial charge is 0.371 e. The summed E-state index contributed by atoms with van der Waals surface area (Å²) in [6, 6.07) is 6.13. The highest BCUT2D eigenvalue weighted by Gasteiger charge is 2.43. The zero-order chi connectivity index (χ0) is 19.5. The number of hydrogen-bond donors (Lipinski definition) is 2. The summed E-state index contributed by atoms with van der Waals surface area (Å²) in [7, 11) is 0. The zero-order valence-corrected chi connectivity index (χ0v) is 16.4. The quantitative estimate of drug-likeness (QED) is 0.864. The van der Waals surface area contributed by atoms with Crippen LogP contribution in [0.2, 0.25) is 0 Å². The Kier molecular flexibility index (Phi) is 5.94. The molecule has 0 aliphatic carbocycles. The minimum Gasteiger partial charge on any atom is -0.371 e. The fourth-order valence-corrected chi connectivity index (χ4v) is 3.22. The highest BCUT2D eigenvalue weighted by atomic mass is 19.1. The average molecular weight is 363 g/mol. The van der Waals surface area contributed by atoms with Crippen molar-refractivity contribution in [1.29, 1.82) is 0 Å². The Morgan fingerprint density at radius 2 is 1.81 bits per heavy atom. The van der Waals surface area contributed by atoms with Gasteiger partial charge in [-0.2, -0.15) is 0 Å². The summed E-state index contributed by atoms with van der Waals surface area (Å²) in [5, 5.41) is 6.21. The van der Waals surface area contributed by atoms with Crippen molar-refractivity contribution in [1.82, 2.24) is 10.2 Å². The number of carbonyl (C=O) groups is 2. The van der Waals surface area contributed by atoms with Crippen LogP contribution in [0.3, 0.4) is 0 Å². The molecular weight excluding hydrogens is 333 g/mol. The molecule has 2 rings (SSSR count). The number of nitrogens with zero attached hydrogens (tertiary/aromatic N) is 1. The molecule has 144 valence electrons. The number of halogens is 1. The predicted octanol–water partition coefficient (Wildman–Crippen LogP) is 3.17. The Balaban J connectivity index is 2.21. The first kappa shape index (κ1) is 20.2. The maximum Gasteiger partial charge on any atom is 0.246 e. The molecule has 0 bridgehead atoms. The van der Waals surface area contributed by atoms with E-state index in [2.05, 4.69) is 10.6 Å². The number of amides is 2. The third-order valence-electron chi connectivity index (χ3n) is 4.61. The molecule has 0 spiro atoms. The van der Waals surface area contributed by atoms with Crippen LogP contribution in [0, 0.1) is 11.2 Å². The van der Waals surface area contributed by atoms with E-state index in [1.54, 1.807) is 12.1 Å². The Morgan fingerprint density at radius 1 is 1.19 bits per heavy atom. The van der Waals surface area contributed by atoms with Gasteiger partial charge in [0.2, 0.25) is 11.8 Å². The molecule has 1 fully saturated rings. The van der Waals surface area contributed by atoms with Crippen LogP contribution in [0.5, 0.6) is 0 Å². The van der Waals surface area contributed by atoms with Gasteiger partial charge in [-0.25, -0.2) is 4.39 Å². The van der Waals surface area contributed by atoms with E-state index in [1.165, 1.54) is 12.1 Å². The molecule has 1 aromatic carbocycles. The molecule has 0 aromatic heterocycles. The standard InChI is InChI=1S/C20H30FN3O2/c1-14(2)22-17(25)20(23-16-8-6-7-15(21)13-16)9-11-24(12-10-20)18(26)19(3,4)5/h6-8,13-14,23H,9-12H2,1-5H3,(H,22,25). The molecule has 1 aliphatic rings. The average Bonchev–Trinajstić information content (AvgIpc) is 2.53. The van der Waals surface area contributed by atoms with E-state index < -0.39 is 11.0 Å². The Labute approximate surface area is 155 Å². The molecule has 1 aromatic rings. The van der Waals surface area contributed by atoms with E-state index in [-0.39, 0.29) is 23.7 Å². The fourth-order valence-electron chi connectivity index (χ4n) is 3.22. The number of anilines is 1. The molecular formula is C20H30FN3O2. The van der Waals surface area contributed by atoms with Crippen molar-refractivity contribution in [3.8, 4) is 0 Å². The van der Waals surface area contributed by atoms with Gasteiger partial charge in [0.25, 0.3) is 0 Å². The first-order chi connectivity index (χ1) is 12.0. The van der Waals surface area contributed by atoms with Crippen molar-refractivity contribution >= 4 is 17.5 Å². The summed E-state index contributed by atoms with van der Waals surface area (Å²) in [6.07, 6.45) is 0.952. The van der Waals surface area contributed by atoms with Crippen molar-refractivity contribution in [2.75, 3.05) is 18.4 Å². The van der Waals surface area contributed by atoms with Crippen LogP contribution < -0.4 is 10.6 Å². The van der Waals surface area contributed by atoms with Gasteiger partial charge in [-0.15, -0.1) is 0 Å². The molecule has 6 heteroatoms. The summed E-state index contributed by atoms with van der Waals surface area (Å²) in [6.45, 7) is 10.5. The SMILES string of the molecule is CC(C)NC(=O)C1(Nc2cccc(F)c2)CCN(C(=O)C(C)(C)C)CC1. The fraction of sp³-hybridized carbons (Fsp3) is 0.600. The van der Waals surface area contributed by atoms with Crippen LogP contribution in [0.4, 0.5) is 10.1 Å². The molecule has 1 aliphatic heterocycles. The van der Waals surface area contributed by atoms with E-state index >= 15 is 0 Å². The molecule has 0 atom stereocenters. The lowest BCUT2D eigenvalue weighted by atomic mass is 9.84. The van der Waals surface area contributed by atoms with Gasteiger partial charge in [-0.1, -0.05) is 26.8 Å². The summed E-state index contributed by atoms with van der Waals surface area (Å²) in [5.41, 5.74) is -0.734. The van der Waals surface area contributed by atoms with Crippen molar-refractivity contribution in [3.05, 3.63) is 30.1 Å². The number of likely N-dealkylation sites (tertiary alicyclic amines) is 1. The predicted molar refractivity (Wildman–Crippen MR) is 101 cm³/mol. The molecule has 0 radical (unpaired) electrons. The Morgan fingerprint density at radius 3 is 2.31 bits per heavy atom. The van der Waals surface area contributed by atoms with E-state index in [0.717, 1.165) is 0 Å². The molecule has 2 amide bonds. The van der Waals surface area contributed by atoms with Gasteiger partial charge in [0.1, 0.15) is 11.4 Å². The van der Waals surface area contributed by atoms with Crippen LogP contribution in [-0.4, -0.2) is 41.4 Å². The zero-order valence-electron chi connectivity index (χ0n) is 16.4. The third kappa shape index (κ3) is 4.74. The van der Waals surface area contributed by atoms with Crippen LogP contribution >= 0.6 is 0 Å². The lowest BCUT2D eigenvalue weighted by molar-refractivity contribution is -0.142. The van der Waals surface area contributed by atoms with Gasteiger partial charge in [-0.3, -0.25) is 9.59 Å². The van der Waals surface area contributed by atoms with Crippen molar-refractivity contribution in [3.63, 3.8) is 0 Å². The number of piperidine rings is 1. The van der Waals surface area contributed by atoms with Crippen LogP contribution in [0.25, 0.3) is 0 Å². The highest BCUT2D eigenvalue weighted by molar-refractivity contribution is 5.90. The van der Waals surface area contributed by atoms with Gasteiger partial charge < -0.3 is 15.5 Å². The molecule has 0 unspecified atom stereocenters. The number of rotatable bonds is 4. The lowest BCUT2D eigenvalue weighted by Gasteiger charge is -2.43. The number of nitrogens with one attached hydrogen (secondary N) is 2. The maximum atomic E-state index is 13.6. The third-order valence-corrected chi connectivity index (χ3v) is 4.61. The summed E-state index contributed by atoms with van der Waals surface area (Å²) >= 11 is 0. The smallest absolute Gasteiger partial charge is 0.246 e. The van der Waals surface area contributed by atoms with Crippen molar-refractivity contribution in [2.24, 2.45) is 5.41 Å². The van der Waals surface area contributed by atoms with E-state index in [4.69, 9.17) is 0 Å². The topological polar surface area (TPSA) is 61.4 Å². The normalized spacial score (nSPS) is 17.1. The van der Waals surface area contributed by atoms with E-state index in [1.807, 2.05) is 39.5 Å². The Bertz CT molecular complexity index is 659. The molecule has 1 heterocycles. The van der Waals surface area contributed by atoms with Gasteiger partial charge in [-0.05, 0) is 44.9 Å². The summed E-state index contributed by atoms with van der Waals surface area (Å²) in [5.74, 6) is -0.379. The van der Waals surface area contributed by atoms with Crippen LogP contribution in [0.15, 0.2) is 24.3 Å². The lowest BCUT2D eigenvalue weighted by Crippen LogP contribution is -2.60. The van der Waals surface area contributed by atoms with Gasteiger partial charge in [0.15, 0.2) is 0 Å². The second-order valence-electron chi connectivity index (χ2n) is 8.39. The van der Waals surface area contributed by atoms with Crippen molar-refractivity contribution < 1.29 is 14.0 Å². The molecule has 2 N–H and O–H groups in total. The van der Waals surface area contributed by atoms with E-state index in [9.17, 15) is 14.0 Å². The van der Waals surface area contributed by atoms with Gasteiger partial charge in [0.05, 0.1) is 0 Å². The summed E-state index contributed by atoms with van der Waals surface area (Å²) < 4.78 is 13.6. The minimum atomic E-state index is -0.854. The molecule has 1 saturated heterocycles. The number of carbonyl (C=O) groups excluding carboxylic acids is 2. The Hall–Kier alpha value is -2.11. The summed E-state index contributed by atoms with van der Waals surface area (Å²) in [4.78, 5) is 27.3. The second-order valence-corrected chi connectivity index (χ2v) is 8.39. The number of benzene rings is 1. The first-order valence-electron chi connectivity index (χ1n) is 9.18. The maximum absolute atomic E-state index is 13.6.